The van der Waals surface area contributed by atoms with Crippen molar-refractivity contribution in [1.82, 2.24) is 5.32 Å². The maximum absolute atomic E-state index is 12.1. The molecule has 4 unspecified atom stereocenters. The van der Waals surface area contributed by atoms with Crippen LogP contribution in [0.4, 0.5) is 5.69 Å². The summed E-state index contributed by atoms with van der Waals surface area (Å²) in [6.45, 7) is 2.02. The lowest BCUT2D eigenvalue weighted by atomic mass is 9.84. The molecule has 2 fully saturated rings. The van der Waals surface area contributed by atoms with E-state index in [2.05, 4.69) is 10.6 Å². The average Bonchev–Trinajstić information content (AvgIpc) is 3.18. The van der Waals surface area contributed by atoms with Crippen LogP contribution in [-0.2, 0) is 9.59 Å². The largest absolute Gasteiger partial charge is 0.497 e. The van der Waals surface area contributed by atoms with E-state index >= 15 is 0 Å². The summed E-state index contributed by atoms with van der Waals surface area (Å²) in [6, 6.07) is 7.02. The van der Waals surface area contributed by atoms with Gasteiger partial charge in [0, 0.05) is 17.8 Å². The molecule has 1 aromatic rings. The van der Waals surface area contributed by atoms with E-state index in [1.54, 1.807) is 31.4 Å². The normalized spacial score (nSPS) is 26.6. The Balaban J connectivity index is 1.54. The lowest BCUT2D eigenvalue weighted by Gasteiger charge is -2.28. The van der Waals surface area contributed by atoms with Gasteiger partial charge in [0.15, 0.2) is 0 Å². The molecule has 2 saturated carbocycles. The van der Waals surface area contributed by atoms with E-state index in [1.165, 1.54) is 25.7 Å². The molecular weight excluding hydrogens is 292 g/mol. The first-order valence-electron chi connectivity index (χ1n) is 8.32. The van der Waals surface area contributed by atoms with Crippen LogP contribution >= 0.6 is 0 Å². The summed E-state index contributed by atoms with van der Waals surface area (Å²) in [5.74, 6) is 1.50. The zero-order chi connectivity index (χ0) is 16.4. The lowest BCUT2D eigenvalue weighted by Crippen LogP contribution is -2.45. The predicted octanol–water partition coefficient (Wildman–Crippen LogP) is 2.57. The van der Waals surface area contributed by atoms with Gasteiger partial charge in [-0.2, -0.15) is 0 Å². The second-order valence-electron chi connectivity index (χ2n) is 6.79. The molecule has 2 N–H and O–H groups in total. The van der Waals surface area contributed by atoms with E-state index in [4.69, 9.17) is 4.74 Å². The fourth-order valence-electron chi connectivity index (χ4n) is 4.17. The smallest absolute Gasteiger partial charge is 0.313 e. The second kappa shape index (κ2) is 6.60. The summed E-state index contributed by atoms with van der Waals surface area (Å²) in [4.78, 5) is 24.2. The molecule has 2 aliphatic rings. The van der Waals surface area contributed by atoms with Gasteiger partial charge in [-0.3, -0.25) is 9.59 Å². The van der Waals surface area contributed by atoms with Crippen LogP contribution in [0.2, 0.25) is 0 Å². The SMILES string of the molecule is COc1cccc(NC(=O)C(=O)NC(C)C2CC3CCC2C3)c1. The highest BCUT2D eigenvalue weighted by molar-refractivity contribution is 6.39. The van der Waals surface area contributed by atoms with Gasteiger partial charge in [-0.05, 0) is 56.1 Å². The molecule has 3 rings (SSSR count). The first kappa shape index (κ1) is 15.8. The number of benzene rings is 1. The number of hydrogen-bond acceptors (Lipinski definition) is 3. The van der Waals surface area contributed by atoms with Gasteiger partial charge in [0.2, 0.25) is 0 Å². The minimum Gasteiger partial charge on any atom is -0.497 e. The summed E-state index contributed by atoms with van der Waals surface area (Å²) >= 11 is 0. The van der Waals surface area contributed by atoms with Gasteiger partial charge in [0.05, 0.1) is 7.11 Å². The number of carbonyl (C=O) groups excluding carboxylic acids is 2. The quantitative estimate of drug-likeness (QED) is 0.839. The number of hydrogen-bond donors (Lipinski definition) is 2. The highest BCUT2D eigenvalue weighted by Crippen LogP contribution is 2.49. The minimum absolute atomic E-state index is 0.0499. The van der Waals surface area contributed by atoms with Crippen molar-refractivity contribution in [3.05, 3.63) is 24.3 Å². The summed E-state index contributed by atoms with van der Waals surface area (Å²) in [6.07, 6.45) is 5.08. The Morgan fingerprint density at radius 1 is 1.22 bits per heavy atom. The Bertz CT molecular complexity index is 602. The van der Waals surface area contributed by atoms with Crippen LogP contribution in [0.1, 0.15) is 32.6 Å². The molecule has 1 aromatic carbocycles. The van der Waals surface area contributed by atoms with Crippen molar-refractivity contribution in [2.75, 3.05) is 12.4 Å². The van der Waals surface area contributed by atoms with Crippen molar-refractivity contribution in [2.45, 2.75) is 38.6 Å². The van der Waals surface area contributed by atoms with Crippen LogP contribution in [-0.4, -0.2) is 25.0 Å². The fourth-order valence-corrected chi connectivity index (χ4v) is 4.17. The molecule has 4 atom stereocenters. The Labute approximate surface area is 136 Å². The van der Waals surface area contributed by atoms with E-state index < -0.39 is 11.8 Å². The molecule has 2 amide bonds. The highest BCUT2D eigenvalue weighted by atomic mass is 16.5. The molecule has 2 bridgehead atoms. The molecule has 0 saturated heterocycles. The number of anilines is 1. The lowest BCUT2D eigenvalue weighted by molar-refractivity contribution is -0.136. The van der Waals surface area contributed by atoms with Gasteiger partial charge in [-0.15, -0.1) is 0 Å². The van der Waals surface area contributed by atoms with E-state index in [1.807, 2.05) is 6.92 Å². The van der Waals surface area contributed by atoms with Crippen molar-refractivity contribution in [3.8, 4) is 5.75 Å². The Morgan fingerprint density at radius 2 is 2.04 bits per heavy atom. The maximum atomic E-state index is 12.1. The van der Waals surface area contributed by atoms with E-state index in [-0.39, 0.29) is 6.04 Å². The second-order valence-corrected chi connectivity index (χ2v) is 6.79. The molecule has 0 heterocycles. The van der Waals surface area contributed by atoms with Crippen molar-refractivity contribution >= 4 is 17.5 Å². The zero-order valence-electron chi connectivity index (χ0n) is 13.7. The molecule has 5 heteroatoms. The average molecular weight is 316 g/mol. The number of nitrogens with one attached hydrogen (secondary N) is 2. The molecule has 0 aliphatic heterocycles. The third-order valence-electron chi connectivity index (χ3n) is 5.33. The number of carbonyl (C=O) groups is 2. The van der Waals surface area contributed by atoms with Gasteiger partial charge < -0.3 is 15.4 Å². The Kier molecular flexibility index (Phi) is 4.55. The van der Waals surface area contributed by atoms with E-state index in [0.29, 0.717) is 17.4 Å². The number of fused-ring (bicyclic) bond motifs is 2. The van der Waals surface area contributed by atoms with Crippen LogP contribution in [0.25, 0.3) is 0 Å². The Hall–Kier alpha value is -2.04. The maximum Gasteiger partial charge on any atom is 0.313 e. The minimum atomic E-state index is -0.631. The fraction of sp³-hybridized carbons (Fsp3) is 0.556. The summed E-state index contributed by atoms with van der Waals surface area (Å²) in [5, 5.41) is 5.49. The Morgan fingerprint density at radius 3 is 2.70 bits per heavy atom. The number of methoxy groups -OCH3 is 1. The van der Waals surface area contributed by atoms with Crippen LogP contribution in [0, 0.1) is 17.8 Å². The predicted molar refractivity (Wildman–Crippen MR) is 88.2 cm³/mol. The van der Waals surface area contributed by atoms with Gasteiger partial charge in [0.1, 0.15) is 5.75 Å². The monoisotopic (exact) mass is 316 g/mol. The van der Waals surface area contributed by atoms with Gasteiger partial charge in [-0.25, -0.2) is 0 Å². The molecule has 0 spiro atoms. The van der Waals surface area contributed by atoms with Crippen LogP contribution in [0.15, 0.2) is 24.3 Å². The highest BCUT2D eigenvalue weighted by Gasteiger charge is 2.42. The zero-order valence-corrected chi connectivity index (χ0v) is 13.7. The van der Waals surface area contributed by atoms with Gasteiger partial charge in [0.25, 0.3) is 0 Å². The molecule has 23 heavy (non-hydrogen) atoms. The topological polar surface area (TPSA) is 67.4 Å². The number of amides is 2. The first-order valence-corrected chi connectivity index (χ1v) is 8.32. The molecule has 124 valence electrons. The summed E-state index contributed by atoms with van der Waals surface area (Å²) in [5.41, 5.74) is 0.553. The molecule has 2 aliphatic carbocycles. The van der Waals surface area contributed by atoms with Crippen molar-refractivity contribution in [2.24, 2.45) is 17.8 Å². The van der Waals surface area contributed by atoms with Crippen LogP contribution < -0.4 is 15.4 Å². The van der Waals surface area contributed by atoms with E-state index in [0.717, 1.165) is 11.8 Å². The number of ether oxygens (including phenoxy) is 1. The summed E-state index contributed by atoms with van der Waals surface area (Å²) in [7, 11) is 1.56. The summed E-state index contributed by atoms with van der Waals surface area (Å²) < 4.78 is 5.11. The third kappa shape index (κ3) is 3.49. The molecule has 0 radical (unpaired) electrons. The van der Waals surface area contributed by atoms with Crippen molar-refractivity contribution in [1.29, 1.82) is 0 Å². The van der Waals surface area contributed by atoms with Gasteiger partial charge >= 0.3 is 11.8 Å². The van der Waals surface area contributed by atoms with Gasteiger partial charge in [-0.1, -0.05) is 12.5 Å². The third-order valence-corrected chi connectivity index (χ3v) is 5.33. The number of rotatable bonds is 4. The first-order chi connectivity index (χ1) is 11.1. The van der Waals surface area contributed by atoms with E-state index in [9.17, 15) is 9.59 Å². The standard InChI is InChI=1S/C18H24N2O3/c1-11(16-9-12-6-7-13(16)8-12)19-17(21)18(22)20-14-4-3-5-15(10-14)23-2/h3-5,10-13,16H,6-9H2,1-2H3,(H,19,21)(H,20,22). The van der Waals surface area contributed by atoms with Crippen molar-refractivity contribution < 1.29 is 14.3 Å². The van der Waals surface area contributed by atoms with Crippen molar-refractivity contribution in [3.63, 3.8) is 0 Å². The van der Waals surface area contributed by atoms with Crippen LogP contribution in [0.3, 0.4) is 0 Å². The molecule has 5 nitrogen and oxygen atoms in total. The van der Waals surface area contributed by atoms with Crippen LogP contribution in [0.5, 0.6) is 5.75 Å². The molecule has 0 aromatic heterocycles. The molecular formula is C18H24N2O3.